The van der Waals surface area contributed by atoms with Crippen molar-refractivity contribution >= 4 is 6.09 Å². The van der Waals surface area contributed by atoms with Crippen molar-refractivity contribution in [1.82, 2.24) is 5.32 Å². The normalized spacial score (nSPS) is 14.9. The molecule has 0 aromatic rings. The van der Waals surface area contributed by atoms with Crippen LogP contribution in [0, 0.1) is 11.8 Å². The number of hydrogen-bond acceptors (Lipinski definition) is 4. The van der Waals surface area contributed by atoms with Gasteiger partial charge in [0.05, 0.1) is 18.4 Å². The number of aliphatic hydroxyl groups is 1. The Morgan fingerprint density at radius 3 is 2.50 bits per heavy atom. The van der Waals surface area contributed by atoms with Gasteiger partial charge in [-0.15, -0.1) is 0 Å². The maximum Gasteiger partial charge on any atom is 0.408 e. The van der Waals surface area contributed by atoms with Crippen LogP contribution in [0.5, 0.6) is 0 Å². The molecular formula is C19H29NO4. The molecule has 24 heavy (non-hydrogen) atoms. The molecule has 0 saturated carbocycles. The fraction of sp³-hybridized carbons (Fsp3) is 0.526. The van der Waals surface area contributed by atoms with Gasteiger partial charge in [-0.05, 0) is 53.7 Å². The van der Waals surface area contributed by atoms with Gasteiger partial charge in [0, 0.05) is 0 Å². The molecule has 134 valence electrons. The molecule has 2 N–H and O–H groups in total. The Morgan fingerprint density at radius 1 is 1.25 bits per heavy atom. The van der Waals surface area contributed by atoms with E-state index in [9.17, 15) is 4.79 Å². The van der Waals surface area contributed by atoms with Crippen molar-refractivity contribution in [1.29, 1.82) is 0 Å². The second kappa shape index (κ2) is 11.4. The molecule has 0 rings (SSSR count). The Kier molecular flexibility index (Phi) is 10.3. The molecule has 0 fully saturated rings. The minimum absolute atomic E-state index is 0.0140. The van der Waals surface area contributed by atoms with Crippen LogP contribution in [0.15, 0.2) is 36.1 Å². The largest absolute Gasteiger partial charge is 0.493 e. The van der Waals surface area contributed by atoms with Crippen molar-refractivity contribution in [3.05, 3.63) is 36.1 Å². The highest BCUT2D eigenvalue weighted by Gasteiger charge is 2.16. The summed E-state index contributed by atoms with van der Waals surface area (Å²) >= 11 is 0. The summed E-state index contributed by atoms with van der Waals surface area (Å²) in [7, 11) is 0. The minimum atomic E-state index is -0.522. The summed E-state index contributed by atoms with van der Waals surface area (Å²) in [4.78, 5) is 11.5. The summed E-state index contributed by atoms with van der Waals surface area (Å²) in [5, 5.41) is 11.5. The van der Waals surface area contributed by atoms with E-state index in [4.69, 9.17) is 14.6 Å². The predicted molar refractivity (Wildman–Crippen MR) is 96.3 cm³/mol. The first-order valence-corrected chi connectivity index (χ1v) is 7.92. The zero-order valence-corrected chi connectivity index (χ0v) is 15.4. The maximum absolute atomic E-state index is 11.5. The molecule has 0 aliphatic carbocycles. The number of ether oxygens (including phenoxy) is 2. The van der Waals surface area contributed by atoms with Crippen LogP contribution >= 0.6 is 0 Å². The van der Waals surface area contributed by atoms with Crippen molar-refractivity contribution in [2.45, 2.75) is 59.3 Å². The molecule has 5 nitrogen and oxygen atoms in total. The molecule has 1 amide bonds. The number of aliphatic hydroxyl groups excluding tert-OH is 1. The van der Waals surface area contributed by atoms with Gasteiger partial charge in [0.2, 0.25) is 0 Å². The van der Waals surface area contributed by atoms with Crippen LogP contribution < -0.4 is 5.32 Å². The van der Waals surface area contributed by atoms with Crippen LogP contribution in [-0.4, -0.2) is 35.6 Å². The molecule has 5 heteroatoms. The average molecular weight is 335 g/mol. The van der Waals surface area contributed by atoms with E-state index in [1.165, 1.54) is 0 Å². The fourth-order valence-corrected chi connectivity index (χ4v) is 1.45. The molecule has 0 radical (unpaired) electrons. The molecule has 2 atom stereocenters. The molecular weight excluding hydrogens is 306 g/mol. The van der Waals surface area contributed by atoms with Crippen molar-refractivity contribution in [3.63, 3.8) is 0 Å². The lowest BCUT2D eigenvalue weighted by Gasteiger charge is -2.20. The molecule has 0 aliphatic rings. The summed E-state index contributed by atoms with van der Waals surface area (Å²) < 4.78 is 10.5. The highest BCUT2D eigenvalue weighted by atomic mass is 16.6. The predicted octanol–water partition coefficient (Wildman–Crippen LogP) is 3.32. The van der Waals surface area contributed by atoms with E-state index in [0.29, 0.717) is 0 Å². The van der Waals surface area contributed by atoms with Gasteiger partial charge in [0.1, 0.15) is 11.7 Å². The third-order valence-corrected chi connectivity index (χ3v) is 2.41. The minimum Gasteiger partial charge on any atom is -0.493 e. The third kappa shape index (κ3) is 13.5. The van der Waals surface area contributed by atoms with Crippen LogP contribution in [-0.2, 0) is 9.47 Å². The van der Waals surface area contributed by atoms with Crippen molar-refractivity contribution in [3.8, 4) is 11.8 Å². The number of alkyl carbamates (subject to hydrolysis) is 1. The molecule has 2 unspecified atom stereocenters. The number of hydrogen-bond donors (Lipinski definition) is 2. The van der Waals surface area contributed by atoms with E-state index in [1.807, 2.05) is 39.8 Å². The smallest absolute Gasteiger partial charge is 0.408 e. The van der Waals surface area contributed by atoms with Crippen molar-refractivity contribution < 1.29 is 19.4 Å². The molecule has 0 aromatic heterocycles. The van der Waals surface area contributed by atoms with E-state index in [2.05, 4.69) is 17.2 Å². The van der Waals surface area contributed by atoms with Gasteiger partial charge in [-0.1, -0.05) is 30.1 Å². The van der Waals surface area contributed by atoms with Crippen LogP contribution in [0.2, 0.25) is 0 Å². The van der Waals surface area contributed by atoms with Crippen LogP contribution in [0.25, 0.3) is 0 Å². The first-order chi connectivity index (χ1) is 11.1. The molecule has 0 spiro atoms. The topological polar surface area (TPSA) is 67.8 Å². The summed E-state index contributed by atoms with van der Waals surface area (Å²) in [5.41, 5.74) is -0.522. The zero-order chi connectivity index (χ0) is 18.6. The monoisotopic (exact) mass is 335 g/mol. The lowest BCUT2D eigenvalue weighted by Crippen LogP contribution is -2.37. The van der Waals surface area contributed by atoms with E-state index in [1.54, 1.807) is 32.1 Å². The highest BCUT2D eigenvalue weighted by molar-refractivity contribution is 5.68. The quantitative estimate of drug-likeness (QED) is 0.444. The summed E-state index contributed by atoms with van der Waals surface area (Å²) in [6, 6.07) is -0.302. The standard InChI is InChI=1S/C19H29NO4/c1-15(20-18(22)24-19(4,5)6)12-10-8-7-9-11-13-16(2)23-17(3)14-21/h7-9,11,13,15,17,21H,14H2,1-6H3,(H,20,22)/b8-7+,11-9-,16-13+. The highest BCUT2D eigenvalue weighted by Crippen LogP contribution is 2.06. The number of carbonyl (C=O) groups excluding carboxylic acids is 1. The number of amides is 1. The van der Waals surface area contributed by atoms with Gasteiger partial charge in [-0.3, -0.25) is 0 Å². The van der Waals surface area contributed by atoms with Crippen LogP contribution in [0.3, 0.4) is 0 Å². The summed E-state index contributed by atoms with van der Waals surface area (Å²) in [5.74, 6) is 6.45. The van der Waals surface area contributed by atoms with Gasteiger partial charge >= 0.3 is 6.09 Å². The molecule has 0 aromatic carbocycles. The first-order valence-electron chi connectivity index (χ1n) is 7.92. The van der Waals surface area contributed by atoms with Crippen molar-refractivity contribution in [2.75, 3.05) is 6.61 Å². The van der Waals surface area contributed by atoms with E-state index in [0.717, 1.165) is 5.76 Å². The Labute approximate surface area is 145 Å². The first kappa shape index (κ1) is 21.8. The Bertz CT molecular complexity index is 530. The third-order valence-electron chi connectivity index (χ3n) is 2.41. The Balaban J connectivity index is 4.24. The Morgan fingerprint density at radius 2 is 1.92 bits per heavy atom. The molecule has 0 aliphatic heterocycles. The number of allylic oxidation sites excluding steroid dienone is 6. The van der Waals surface area contributed by atoms with E-state index >= 15 is 0 Å². The number of rotatable bonds is 6. The SMILES string of the molecule is C\C(=C/C=C\C=C\C#CC(C)NC(=O)OC(C)(C)C)OC(C)CO. The van der Waals surface area contributed by atoms with Gasteiger partial charge in [-0.25, -0.2) is 4.79 Å². The second-order valence-corrected chi connectivity index (χ2v) is 6.29. The van der Waals surface area contributed by atoms with Crippen molar-refractivity contribution in [2.24, 2.45) is 0 Å². The lowest BCUT2D eigenvalue weighted by molar-refractivity contribution is 0.0519. The number of carbonyl (C=O) groups is 1. The van der Waals surface area contributed by atoms with Crippen LogP contribution in [0.4, 0.5) is 4.79 Å². The fourth-order valence-electron chi connectivity index (χ4n) is 1.45. The maximum atomic E-state index is 11.5. The lowest BCUT2D eigenvalue weighted by atomic mass is 10.2. The molecule has 0 saturated heterocycles. The second-order valence-electron chi connectivity index (χ2n) is 6.29. The van der Waals surface area contributed by atoms with Gasteiger partial charge in [0.25, 0.3) is 0 Å². The van der Waals surface area contributed by atoms with Gasteiger partial charge in [-0.2, -0.15) is 0 Å². The zero-order valence-electron chi connectivity index (χ0n) is 15.4. The average Bonchev–Trinajstić information content (AvgIpc) is 2.43. The number of nitrogens with one attached hydrogen (secondary N) is 1. The Hall–Kier alpha value is -2.19. The summed E-state index contributed by atoms with van der Waals surface area (Å²) in [6.45, 7) is 10.8. The van der Waals surface area contributed by atoms with Gasteiger partial charge < -0.3 is 19.9 Å². The van der Waals surface area contributed by atoms with E-state index < -0.39 is 11.7 Å². The molecule has 0 heterocycles. The van der Waals surface area contributed by atoms with Crippen LogP contribution in [0.1, 0.15) is 41.5 Å². The molecule has 0 bridgehead atoms. The van der Waals surface area contributed by atoms with Gasteiger partial charge in [0.15, 0.2) is 0 Å². The summed E-state index contributed by atoms with van der Waals surface area (Å²) in [6.07, 6.45) is 8.21. The van der Waals surface area contributed by atoms with E-state index in [-0.39, 0.29) is 18.8 Å².